The van der Waals surface area contributed by atoms with E-state index in [1.165, 1.54) is 32.6 Å². The highest BCUT2D eigenvalue weighted by atomic mass is 127. The molecule has 546 valence electrons. The van der Waals surface area contributed by atoms with E-state index in [2.05, 4.69) is 113 Å². The Balaban J connectivity index is 0.000000174. The van der Waals surface area contributed by atoms with Gasteiger partial charge in [-0.1, -0.05) is 110 Å². The molecule has 0 saturated heterocycles. The minimum atomic E-state index is -3.83. The number of fused-ring (bicyclic) bond motifs is 3. The Morgan fingerprint density at radius 1 is 0.509 bits per heavy atom. The standard InChI is InChI=1S/C25H24N2O2.C22H18BrN3O3S.C14H10BrIN2O2S.C9H13BO3.C8H9BO3.CH4/c1-15-11-19(13-24(29-4)16(15)2)20-12-22-21(9-10-23(22)27-14-20)17-5-7-18(8-6-17)25(28)26-3;1-14-3-9-18(10-4-14)30(28,29)26-13-20(19-11-17(23)12-25-21(19)26)15-5-7-16(8-6-15)22(27)24-2;1-9-2-4-11(5-3-9)21(19,20)18-8-13(16)12-6-10(15)7-17-14(12)18;1-6-4-8(10(11)12)5-9(13-3)7(6)2;1-6(10)7-2-4-8(5-3-7)9(11)12;/h5-9,11-14H,10H2,1-4H3,(H,26,28);3-13H,1-2H3,(H,24,27);2-8H,1H3;4-5,11-12H,1-3H3;2-5,11-12H,1H3;1H4. The Morgan fingerprint density at radius 2 is 0.962 bits per heavy atom. The van der Waals surface area contributed by atoms with Crippen LogP contribution in [0.3, 0.4) is 0 Å². The first kappa shape index (κ1) is 82.2. The Bertz CT molecular complexity index is 5490. The van der Waals surface area contributed by atoms with Crippen LogP contribution in [0.5, 0.6) is 11.5 Å². The summed E-state index contributed by atoms with van der Waals surface area (Å²) < 4.78 is 67.7. The first-order chi connectivity index (χ1) is 49.9. The Hall–Kier alpha value is -9.42. The van der Waals surface area contributed by atoms with Crippen molar-refractivity contribution in [3.8, 4) is 33.8 Å². The molecule has 27 heteroatoms. The lowest BCUT2D eigenvalue weighted by molar-refractivity contribution is 0.0955. The van der Waals surface area contributed by atoms with Crippen molar-refractivity contribution in [3.63, 3.8) is 0 Å². The van der Waals surface area contributed by atoms with Crippen molar-refractivity contribution in [1.29, 1.82) is 0 Å². The Labute approximate surface area is 648 Å². The maximum Gasteiger partial charge on any atom is 0.488 e. The molecule has 0 aliphatic heterocycles. The second-order valence-electron chi connectivity index (χ2n) is 24.4. The summed E-state index contributed by atoms with van der Waals surface area (Å²) in [5.74, 6) is 1.28. The van der Waals surface area contributed by atoms with Gasteiger partial charge in [0.2, 0.25) is 0 Å². The summed E-state index contributed by atoms with van der Waals surface area (Å²) in [6.45, 7) is 13.3. The predicted molar refractivity (Wildman–Crippen MR) is 436 cm³/mol. The highest BCUT2D eigenvalue weighted by Crippen LogP contribution is 2.38. The maximum absolute atomic E-state index is 13.3. The first-order valence-corrected chi connectivity index (χ1v) is 38.1. The van der Waals surface area contributed by atoms with Crippen LogP contribution < -0.4 is 31.0 Å². The van der Waals surface area contributed by atoms with Crippen molar-refractivity contribution in [2.45, 2.75) is 72.1 Å². The number of benzene rings is 7. The number of pyridine rings is 3. The smallest absolute Gasteiger partial charge is 0.488 e. The Kier molecular flexibility index (Phi) is 27.8. The van der Waals surface area contributed by atoms with Crippen molar-refractivity contribution >= 4 is 145 Å². The maximum atomic E-state index is 13.3. The summed E-state index contributed by atoms with van der Waals surface area (Å²) in [6.07, 6.45) is 11.3. The third-order valence-electron chi connectivity index (χ3n) is 17.3. The van der Waals surface area contributed by atoms with E-state index < -0.39 is 34.3 Å². The Morgan fingerprint density at radius 3 is 1.44 bits per heavy atom. The van der Waals surface area contributed by atoms with Crippen LogP contribution >= 0.6 is 54.5 Å². The van der Waals surface area contributed by atoms with Gasteiger partial charge in [-0.3, -0.25) is 19.4 Å². The SMILES string of the molecule is C.CC(=O)c1ccc(B(O)O)cc1.CNC(=O)c1ccc(-c2cn(S(=O)(=O)c3ccc(C)cc3)c3ncc(Br)cc23)cc1.CNC(=O)c1ccc(C2=CCc3ncc(-c4cc(C)c(C)c(OC)c4)cc32)cc1.COc1cc(B(O)O)cc(C)c1C.Cc1ccc(S(=O)(=O)n2cc(I)c3cc(Br)cnc32)cc1. The van der Waals surface area contributed by atoms with Gasteiger partial charge in [-0.05, 0) is 237 Å². The van der Waals surface area contributed by atoms with E-state index in [4.69, 9.17) is 34.6 Å². The lowest BCUT2D eigenvalue weighted by Gasteiger charge is -2.13. The molecule has 0 fully saturated rings. The normalized spacial score (nSPS) is 11.3. The molecule has 2 amide bonds. The summed E-state index contributed by atoms with van der Waals surface area (Å²) in [6, 6.07) is 47.9. The molecule has 1 aliphatic rings. The van der Waals surface area contributed by atoms with E-state index in [-0.39, 0.29) is 34.8 Å². The van der Waals surface area contributed by atoms with Crippen molar-refractivity contribution in [2.75, 3.05) is 28.3 Å². The molecule has 0 unspecified atom stereocenters. The molecule has 106 heavy (non-hydrogen) atoms. The van der Waals surface area contributed by atoms with Gasteiger partial charge in [0.05, 0.1) is 29.7 Å². The molecule has 1 aliphatic carbocycles. The van der Waals surface area contributed by atoms with Gasteiger partial charge in [-0.25, -0.2) is 34.7 Å². The fourth-order valence-electron chi connectivity index (χ4n) is 11.1. The minimum Gasteiger partial charge on any atom is -0.496 e. The topological polar surface area (TPSA) is 291 Å². The number of amides is 2. The zero-order valence-electron chi connectivity index (χ0n) is 59.1. The molecular formula is C79H78B2Br2IN7O13S2. The van der Waals surface area contributed by atoms with Crippen LogP contribution in [0.1, 0.15) is 95.6 Å². The van der Waals surface area contributed by atoms with Crippen molar-refractivity contribution in [1.82, 2.24) is 33.5 Å². The quantitative estimate of drug-likeness (QED) is 0.0335. The number of methoxy groups -OCH3 is 2. The molecule has 13 rings (SSSR count). The van der Waals surface area contributed by atoms with Crippen LogP contribution in [-0.4, -0.2) is 120 Å². The molecule has 12 aromatic rings. The molecule has 0 atom stereocenters. The predicted octanol–water partition coefficient (Wildman–Crippen LogP) is 13.2. The van der Waals surface area contributed by atoms with E-state index in [9.17, 15) is 31.2 Å². The van der Waals surface area contributed by atoms with Gasteiger partial charge in [0.1, 0.15) is 11.5 Å². The summed E-state index contributed by atoms with van der Waals surface area (Å²) in [4.78, 5) is 48.2. The number of allylic oxidation sites excluding steroid dienone is 1. The number of halogens is 3. The van der Waals surface area contributed by atoms with Crippen molar-refractivity contribution in [3.05, 3.63) is 280 Å². The average molecular weight is 1710 g/mol. The van der Waals surface area contributed by atoms with E-state index in [1.54, 1.807) is 150 Å². The number of hydrogen-bond acceptors (Lipinski definition) is 16. The van der Waals surface area contributed by atoms with Gasteiger partial charge < -0.3 is 40.2 Å². The second-order valence-corrected chi connectivity index (χ2v) is 31.0. The van der Waals surface area contributed by atoms with E-state index >= 15 is 0 Å². The molecular weight excluding hydrogens is 1630 g/mol. The van der Waals surface area contributed by atoms with Crippen LogP contribution in [-0.2, 0) is 26.5 Å². The summed E-state index contributed by atoms with van der Waals surface area (Å²) >= 11 is 8.89. The fourth-order valence-corrected chi connectivity index (χ4v) is 15.3. The second kappa shape index (κ2) is 35.8. The van der Waals surface area contributed by atoms with E-state index in [0.29, 0.717) is 55.6 Å². The van der Waals surface area contributed by atoms with Crippen LogP contribution in [0.25, 0.3) is 49.9 Å². The van der Waals surface area contributed by atoms with Crippen LogP contribution in [0.4, 0.5) is 0 Å². The lowest BCUT2D eigenvalue weighted by Crippen LogP contribution is -2.30. The number of carbonyl (C=O) groups is 3. The molecule has 5 heterocycles. The molecule has 0 radical (unpaired) electrons. The highest BCUT2D eigenvalue weighted by Gasteiger charge is 2.26. The number of carbonyl (C=O) groups excluding carboxylic acids is 3. The zero-order valence-corrected chi connectivity index (χ0v) is 66.0. The molecule has 0 spiro atoms. The molecule has 7 aromatic carbocycles. The van der Waals surface area contributed by atoms with Gasteiger partial charge in [-0.15, -0.1) is 0 Å². The number of aryl methyl sites for hydroxylation is 4. The third-order valence-corrected chi connectivity index (χ3v) is 22.4. The van der Waals surface area contributed by atoms with Gasteiger partial charge >= 0.3 is 14.2 Å². The number of aromatic nitrogens is 5. The number of Topliss-reactive ketones (excluding diaryl/α,β-unsaturated/α-hetero) is 1. The van der Waals surface area contributed by atoms with Crippen LogP contribution in [0, 0.1) is 45.1 Å². The molecule has 20 nitrogen and oxygen atoms in total. The molecule has 0 bridgehead atoms. The van der Waals surface area contributed by atoms with Gasteiger partial charge in [0.15, 0.2) is 17.1 Å². The number of rotatable bonds is 14. The molecule has 5 aromatic heterocycles. The highest BCUT2D eigenvalue weighted by molar-refractivity contribution is 14.1. The number of ether oxygens (including phenoxy) is 2. The van der Waals surface area contributed by atoms with Gasteiger partial charge in [0.25, 0.3) is 31.9 Å². The van der Waals surface area contributed by atoms with Crippen LogP contribution in [0.2, 0.25) is 0 Å². The van der Waals surface area contributed by atoms with Gasteiger partial charge in [-0.2, -0.15) is 0 Å². The number of hydrogen-bond donors (Lipinski definition) is 6. The average Bonchev–Trinajstić information content (AvgIpc) is 1.60. The fraction of sp³-hybridized carbons (Fsp3) is 0.165. The largest absolute Gasteiger partial charge is 0.496 e. The number of nitrogens with one attached hydrogen (secondary N) is 2. The minimum absolute atomic E-state index is 0. The number of nitrogens with zero attached hydrogens (tertiary/aromatic N) is 5. The third kappa shape index (κ3) is 19.0. The molecule has 0 saturated carbocycles. The van der Waals surface area contributed by atoms with Gasteiger partial charge in [0, 0.05) is 108 Å². The van der Waals surface area contributed by atoms with Crippen molar-refractivity contribution in [2.24, 2.45) is 0 Å². The van der Waals surface area contributed by atoms with Crippen molar-refractivity contribution < 1.29 is 60.8 Å². The van der Waals surface area contributed by atoms with E-state index in [1.807, 2.05) is 70.3 Å². The lowest BCUT2D eigenvalue weighted by atomic mass is 9.79. The first-order valence-electron chi connectivity index (χ1n) is 32.5. The molecule has 6 N–H and O–H groups in total. The van der Waals surface area contributed by atoms with Crippen LogP contribution in [0.15, 0.2) is 220 Å². The summed E-state index contributed by atoms with van der Waals surface area (Å²) in [5.41, 5.74) is 17.9. The summed E-state index contributed by atoms with van der Waals surface area (Å²) in [7, 11) is -3.90. The summed E-state index contributed by atoms with van der Waals surface area (Å²) in [5, 5.41) is 42.1. The zero-order chi connectivity index (χ0) is 76.4. The monoisotopic (exact) mass is 1700 g/mol. The van der Waals surface area contributed by atoms with E-state index in [0.717, 1.165) is 97.0 Å². The number of ketones is 1.